The van der Waals surface area contributed by atoms with Crippen LogP contribution in [0.5, 0.6) is 0 Å². The third kappa shape index (κ3) is 1.21. The van der Waals surface area contributed by atoms with Gasteiger partial charge in [-0.05, 0) is 6.92 Å². The molecule has 0 aromatic carbocycles. The van der Waals surface area contributed by atoms with E-state index in [-0.39, 0.29) is 11.3 Å². The predicted octanol–water partition coefficient (Wildman–Crippen LogP) is 1.42. The van der Waals surface area contributed by atoms with Gasteiger partial charge in [0, 0.05) is 23.5 Å². The van der Waals surface area contributed by atoms with E-state index in [9.17, 15) is 4.79 Å². The summed E-state index contributed by atoms with van der Waals surface area (Å²) in [6.45, 7) is 1.76. The molecular formula is C7H8ClNO. The molecule has 0 saturated heterocycles. The Labute approximate surface area is 63.8 Å². The molecule has 0 amide bonds. The number of hydrogen-bond acceptors (Lipinski definition) is 1. The van der Waals surface area contributed by atoms with Crippen LogP contribution in [0.3, 0.4) is 0 Å². The molecule has 0 radical (unpaired) electrons. The second kappa shape index (κ2) is 2.88. The quantitative estimate of drug-likeness (QED) is 0.615. The van der Waals surface area contributed by atoms with Crippen molar-refractivity contribution in [3.05, 3.63) is 33.7 Å². The van der Waals surface area contributed by atoms with Gasteiger partial charge in [-0.1, -0.05) is 0 Å². The maximum absolute atomic E-state index is 11.1. The van der Waals surface area contributed by atoms with Crippen molar-refractivity contribution < 1.29 is 0 Å². The van der Waals surface area contributed by atoms with Crippen LogP contribution in [0.1, 0.15) is 11.1 Å². The van der Waals surface area contributed by atoms with Crippen molar-refractivity contribution in [2.24, 2.45) is 0 Å². The largest absolute Gasteiger partial charge is 0.367 e. The summed E-state index contributed by atoms with van der Waals surface area (Å²) in [7, 11) is 0. The third-order valence-electron chi connectivity index (χ3n) is 1.35. The van der Waals surface area contributed by atoms with Crippen molar-refractivity contribution in [1.82, 2.24) is 4.98 Å². The fraction of sp³-hybridized carbons (Fsp3) is 0.286. The number of alkyl halides is 1. The summed E-state index contributed by atoms with van der Waals surface area (Å²) in [6, 6.07) is 0. The number of halogens is 1. The summed E-state index contributed by atoms with van der Waals surface area (Å²) in [6.07, 6.45) is 3.29. The van der Waals surface area contributed by atoms with Gasteiger partial charge >= 0.3 is 0 Å². The fourth-order valence-electron chi connectivity index (χ4n) is 0.751. The molecule has 3 heteroatoms. The SMILES string of the molecule is Cc1c[nH]cc(CCl)c1=O. The molecule has 0 atom stereocenters. The Morgan fingerprint density at radius 3 is 2.80 bits per heavy atom. The molecule has 0 aliphatic heterocycles. The van der Waals surface area contributed by atoms with Gasteiger partial charge in [0.15, 0.2) is 5.43 Å². The smallest absolute Gasteiger partial charge is 0.188 e. The number of aromatic nitrogens is 1. The molecule has 0 fully saturated rings. The van der Waals surface area contributed by atoms with Gasteiger partial charge in [-0.2, -0.15) is 0 Å². The molecule has 10 heavy (non-hydrogen) atoms. The number of aromatic amines is 1. The summed E-state index contributed by atoms with van der Waals surface area (Å²) in [5.74, 6) is 0.275. The van der Waals surface area contributed by atoms with E-state index in [1.807, 2.05) is 0 Å². The second-order valence-corrected chi connectivity index (χ2v) is 2.39. The van der Waals surface area contributed by atoms with E-state index in [0.717, 1.165) is 0 Å². The number of H-pyrrole nitrogens is 1. The predicted molar refractivity (Wildman–Crippen MR) is 41.4 cm³/mol. The minimum absolute atomic E-state index is 0.0359. The first kappa shape index (κ1) is 7.35. The van der Waals surface area contributed by atoms with Gasteiger partial charge in [0.2, 0.25) is 0 Å². The highest BCUT2D eigenvalue weighted by molar-refractivity contribution is 6.17. The molecule has 1 rings (SSSR count). The Bertz CT molecular complexity index is 279. The minimum atomic E-state index is 0.0359. The maximum atomic E-state index is 11.1. The van der Waals surface area contributed by atoms with Crippen molar-refractivity contribution in [3.8, 4) is 0 Å². The molecule has 2 nitrogen and oxygen atoms in total. The van der Waals surface area contributed by atoms with Gasteiger partial charge in [-0.15, -0.1) is 11.6 Å². The van der Waals surface area contributed by atoms with Crippen molar-refractivity contribution in [1.29, 1.82) is 0 Å². The van der Waals surface area contributed by atoms with Crippen LogP contribution in [0.25, 0.3) is 0 Å². The molecule has 0 aliphatic rings. The molecule has 1 aromatic rings. The highest BCUT2D eigenvalue weighted by atomic mass is 35.5. The van der Waals surface area contributed by atoms with Crippen LogP contribution < -0.4 is 5.43 Å². The monoisotopic (exact) mass is 157 g/mol. The first-order valence-corrected chi connectivity index (χ1v) is 3.51. The molecule has 1 N–H and O–H groups in total. The van der Waals surface area contributed by atoms with E-state index in [2.05, 4.69) is 4.98 Å². The normalized spacial score (nSPS) is 9.80. The average Bonchev–Trinajstić information content (AvgIpc) is 1.95. The van der Waals surface area contributed by atoms with Gasteiger partial charge < -0.3 is 4.98 Å². The fourth-order valence-corrected chi connectivity index (χ4v) is 0.949. The van der Waals surface area contributed by atoms with Gasteiger partial charge in [-0.25, -0.2) is 0 Å². The van der Waals surface area contributed by atoms with Crippen molar-refractivity contribution in [2.45, 2.75) is 12.8 Å². The third-order valence-corrected chi connectivity index (χ3v) is 1.64. The van der Waals surface area contributed by atoms with Gasteiger partial charge in [0.1, 0.15) is 0 Å². The molecule has 0 saturated carbocycles. The van der Waals surface area contributed by atoms with Crippen LogP contribution in [0.15, 0.2) is 17.2 Å². The van der Waals surface area contributed by atoms with Crippen molar-refractivity contribution in [2.75, 3.05) is 0 Å². The first-order valence-electron chi connectivity index (χ1n) is 2.98. The highest BCUT2D eigenvalue weighted by Gasteiger charge is 1.97. The van der Waals surface area contributed by atoms with Gasteiger partial charge in [0.05, 0.1) is 5.88 Å². The van der Waals surface area contributed by atoms with Gasteiger partial charge in [-0.3, -0.25) is 4.79 Å². The summed E-state index contributed by atoms with van der Waals surface area (Å²) >= 11 is 5.48. The summed E-state index contributed by atoms with van der Waals surface area (Å²) < 4.78 is 0. The molecule has 54 valence electrons. The van der Waals surface area contributed by atoms with E-state index >= 15 is 0 Å². The lowest BCUT2D eigenvalue weighted by atomic mass is 10.2. The zero-order valence-corrected chi connectivity index (χ0v) is 6.40. The highest BCUT2D eigenvalue weighted by Crippen LogP contribution is 1.95. The van der Waals surface area contributed by atoms with Crippen LogP contribution in [0, 0.1) is 6.92 Å². The van der Waals surface area contributed by atoms with E-state index in [1.54, 1.807) is 19.3 Å². The van der Waals surface area contributed by atoms with Crippen LogP contribution >= 0.6 is 11.6 Å². The number of rotatable bonds is 1. The molecule has 0 unspecified atom stereocenters. The molecule has 1 heterocycles. The maximum Gasteiger partial charge on any atom is 0.188 e. The Kier molecular flexibility index (Phi) is 2.12. The number of aryl methyl sites for hydroxylation is 1. The molecule has 0 spiro atoms. The van der Waals surface area contributed by atoms with Crippen LogP contribution in [-0.4, -0.2) is 4.98 Å². The standard InChI is InChI=1S/C7H8ClNO/c1-5-3-9-4-6(2-8)7(5)10/h3-4H,2H2,1H3,(H,9,10). The van der Waals surface area contributed by atoms with Crippen LogP contribution in [-0.2, 0) is 5.88 Å². The molecule has 1 aromatic heterocycles. The Balaban J connectivity index is 3.28. The second-order valence-electron chi connectivity index (χ2n) is 2.13. The number of pyridine rings is 1. The Morgan fingerprint density at radius 2 is 2.30 bits per heavy atom. The number of hydrogen-bond donors (Lipinski definition) is 1. The van der Waals surface area contributed by atoms with E-state index in [1.165, 1.54) is 0 Å². The zero-order valence-electron chi connectivity index (χ0n) is 5.65. The van der Waals surface area contributed by atoms with Crippen molar-refractivity contribution in [3.63, 3.8) is 0 Å². The lowest BCUT2D eigenvalue weighted by Gasteiger charge is -1.93. The summed E-state index contributed by atoms with van der Waals surface area (Å²) in [5.41, 5.74) is 1.37. The lowest BCUT2D eigenvalue weighted by Crippen LogP contribution is -2.10. The van der Waals surface area contributed by atoms with E-state index < -0.39 is 0 Å². The topological polar surface area (TPSA) is 32.9 Å². The lowest BCUT2D eigenvalue weighted by molar-refractivity contribution is 1.16. The van der Waals surface area contributed by atoms with Crippen molar-refractivity contribution >= 4 is 11.6 Å². The summed E-state index contributed by atoms with van der Waals surface area (Å²) in [5, 5.41) is 0. The van der Waals surface area contributed by atoms with Gasteiger partial charge in [0.25, 0.3) is 0 Å². The zero-order chi connectivity index (χ0) is 7.56. The molecule has 0 bridgehead atoms. The molecule has 0 aliphatic carbocycles. The van der Waals surface area contributed by atoms with Crippen LogP contribution in [0.4, 0.5) is 0 Å². The minimum Gasteiger partial charge on any atom is -0.367 e. The Hall–Kier alpha value is -0.760. The number of nitrogens with one attached hydrogen (secondary N) is 1. The van der Waals surface area contributed by atoms with E-state index in [4.69, 9.17) is 11.6 Å². The Morgan fingerprint density at radius 1 is 1.60 bits per heavy atom. The molecular weight excluding hydrogens is 150 g/mol. The average molecular weight is 158 g/mol. The summed E-state index contributed by atoms with van der Waals surface area (Å²) in [4.78, 5) is 13.9. The van der Waals surface area contributed by atoms with E-state index in [0.29, 0.717) is 11.1 Å². The first-order chi connectivity index (χ1) is 4.75. The van der Waals surface area contributed by atoms with Crippen LogP contribution in [0.2, 0.25) is 0 Å².